The molecule has 2 aromatic rings. The number of nitrogens with one attached hydrogen (secondary N) is 2. The Kier molecular flexibility index (Phi) is 4.80. The van der Waals surface area contributed by atoms with Gasteiger partial charge in [0.15, 0.2) is 0 Å². The van der Waals surface area contributed by atoms with Gasteiger partial charge in [-0.05, 0) is 55.0 Å². The van der Waals surface area contributed by atoms with Crippen LogP contribution < -0.4 is 20.3 Å². The number of carbonyl (C=O) groups excluding carboxylic acids is 1. The lowest BCUT2D eigenvalue weighted by Gasteiger charge is -2.34. The first-order chi connectivity index (χ1) is 14.2. The minimum absolute atomic E-state index is 0.182. The zero-order valence-electron chi connectivity index (χ0n) is 17.2. The van der Waals surface area contributed by atoms with Crippen molar-refractivity contribution in [1.29, 1.82) is 0 Å². The van der Waals surface area contributed by atoms with Crippen LogP contribution in [0.1, 0.15) is 47.9 Å². The predicted octanol–water partition coefficient (Wildman–Crippen LogP) is 3.36. The molecule has 5 nitrogen and oxygen atoms in total. The molecule has 0 bridgehead atoms. The summed E-state index contributed by atoms with van der Waals surface area (Å²) in [6.07, 6.45) is 3.29. The van der Waals surface area contributed by atoms with E-state index in [-0.39, 0.29) is 11.8 Å². The molecule has 0 radical (unpaired) electrons. The summed E-state index contributed by atoms with van der Waals surface area (Å²) in [5.41, 5.74) is 4.75. The summed E-state index contributed by atoms with van der Waals surface area (Å²) in [5, 5.41) is 7.45. The molecular weight excluding hydrogens is 362 g/mol. The quantitative estimate of drug-likeness (QED) is 0.821. The van der Waals surface area contributed by atoms with Gasteiger partial charge in [0.05, 0.1) is 7.11 Å². The van der Waals surface area contributed by atoms with Crippen LogP contribution in [-0.2, 0) is 11.3 Å². The molecule has 2 N–H and O–H groups in total. The lowest BCUT2D eigenvalue weighted by molar-refractivity contribution is -0.119. The third-order valence-electron chi connectivity index (χ3n) is 6.80. The molecule has 2 aromatic carbocycles. The number of hydrogen-bond acceptors (Lipinski definition) is 4. The number of nitrogens with zero attached hydrogens (tertiary/aromatic N) is 1. The highest BCUT2D eigenvalue weighted by atomic mass is 16.5. The normalized spacial score (nSPS) is 27.9. The standard InChI is InChI=1S/C24H29N3O2/c1-27-21-11-16(22(29-2)13-18(21)17-12-19(17)24(27)28)14-26-20-9-6-10-25-23(20)15-7-4-3-5-8-15/h3-5,7-8,11,13,17,19-20,23,25-26H,6,9-10,12,14H2,1-2H3. The number of methoxy groups -OCH3 is 1. The molecular formula is C24H29N3O2. The second kappa shape index (κ2) is 7.47. The van der Waals surface area contributed by atoms with Crippen molar-refractivity contribution in [2.75, 3.05) is 25.6 Å². The van der Waals surface area contributed by atoms with Crippen LogP contribution in [0.5, 0.6) is 5.75 Å². The first-order valence-corrected chi connectivity index (χ1v) is 10.7. The Bertz CT molecular complexity index is 914. The van der Waals surface area contributed by atoms with E-state index in [1.165, 1.54) is 17.5 Å². The Morgan fingerprint density at radius 1 is 1.21 bits per heavy atom. The predicted molar refractivity (Wildman–Crippen MR) is 114 cm³/mol. The molecule has 2 fully saturated rings. The van der Waals surface area contributed by atoms with Crippen LogP contribution in [0, 0.1) is 5.92 Å². The number of fused-ring (bicyclic) bond motifs is 3. The molecule has 3 aliphatic rings. The summed E-state index contributed by atoms with van der Waals surface area (Å²) >= 11 is 0. The molecule has 1 saturated carbocycles. The second-order valence-electron chi connectivity index (χ2n) is 8.54. The van der Waals surface area contributed by atoms with Gasteiger partial charge in [-0.15, -0.1) is 0 Å². The second-order valence-corrected chi connectivity index (χ2v) is 8.54. The third kappa shape index (κ3) is 3.32. The van der Waals surface area contributed by atoms with Crippen molar-refractivity contribution in [3.8, 4) is 5.75 Å². The third-order valence-corrected chi connectivity index (χ3v) is 6.80. The maximum atomic E-state index is 12.5. The van der Waals surface area contributed by atoms with E-state index in [0.29, 0.717) is 18.0 Å². The van der Waals surface area contributed by atoms with Crippen molar-refractivity contribution >= 4 is 11.6 Å². The minimum atomic E-state index is 0.182. The van der Waals surface area contributed by atoms with E-state index in [2.05, 4.69) is 53.1 Å². The topological polar surface area (TPSA) is 53.6 Å². The van der Waals surface area contributed by atoms with E-state index < -0.39 is 0 Å². The zero-order valence-corrected chi connectivity index (χ0v) is 17.2. The highest BCUT2D eigenvalue weighted by molar-refractivity contribution is 6.01. The van der Waals surface area contributed by atoms with Crippen LogP contribution in [0.4, 0.5) is 5.69 Å². The number of benzene rings is 2. The molecule has 0 spiro atoms. The van der Waals surface area contributed by atoms with Crippen molar-refractivity contribution in [1.82, 2.24) is 10.6 Å². The van der Waals surface area contributed by atoms with Crippen LogP contribution >= 0.6 is 0 Å². The number of hydrogen-bond donors (Lipinski definition) is 2. The molecule has 4 atom stereocenters. The smallest absolute Gasteiger partial charge is 0.230 e. The molecule has 1 aliphatic carbocycles. The average Bonchev–Trinajstić information content (AvgIpc) is 3.57. The van der Waals surface area contributed by atoms with E-state index in [9.17, 15) is 4.79 Å². The summed E-state index contributed by atoms with van der Waals surface area (Å²) < 4.78 is 5.73. The number of anilines is 1. The lowest BCUT2D eigenvalue weighted by atomic mass is 9.92. The maximum Gasteiger partial charge on any atom is 0.230 e. The van der Waals surface area contributed by atoms with Gasteiger partial charge in [0.25, 0.3) is 0 Å². The van der Waals surface area contributed by atoms with Gasteiger partial charge in [-0.1, -0.05) is 30.3 Å². The molecule has 2 heterocycles. The van der Waals surface area contributed by atoms with E-state index >= 15 is 0 Å². The molecule has 5 heteroatoms. The van der Waals surface area contributed by atoms with Crippen LogP contribution in [0.15, 0.2) is 42.5 Å². The van der Waals surface area contributed by atoms with Crippen molar-refractivity contribution < 1.29 is 9.53 Å². The van der Waals surface area contributed by atoms with E-state index in [0.717, 1.165) is 42.9 Å². The lowest BCUT2D eigenvalue weighted by Crippen LogP contribution is -2.45. The number of piperidine rings is 1. The molecule has 152 valence electrons. The first kappa shape index (κ1) is 18.6. The van der Waals surface area contributed by atoms with Gasteiger partial charge in [0, 0.05) is 42.8 Å². The highest BCUT2D eigenvalue weighted by Crippen LogP contribution is 2.56. The summed E-state index contributed by atoms with van der Waals surface area (Å²) in [5.74, 6) is 1.74. The molecule has 4 unspecified atom stereocenters. The van der Waals surface area contributed by atoms with Crippen molar-refractivity contribution in [2.45, 2.75) is 43.8 Å². The molecule has 5 rings (SSSR count). The van der Waals surface area contributed by atoms with Gasteiger partial charge in [0.2, 0.25) is 5.91 Å². The number of ether oxygens (including phenoxy) is 1. The number of rotatable bonds is 5. The fourth-order valence-corrected chi connectivity index (χ4v) is 5.08. The Morgan fingerprint density at radius 3 is 2.83 bits per heavy atom. The van der Waals surface area contributed by atoms with Crippen LogP contribution in [0.3, 0.4) is 0 Å². The molecule has 0 aromatic heterocycles. The van der Waals surface area contributed by atoms with E-state index in [4.69, 9.17) is 4.74 Å². The van der Waals surface area contributed by atoms with Crippen molar-refractivity contribution in [2.24, 2.45) is 5.92 Å². The zero-order chi connectivity index (χ0) is 20.0. The molecule has 1 saturated heterocycles. The summed E-state index contributed by atoms with van der Waals surface area (Å²) in [6, 6.07) is 15.7. The molecule has 1 amide bonds. The van der Waals surface area contributed by atoms with Gasteiger partial charge >= 0.3 is 0 Å². The number of carbonyl (C=O) groups is 1. The fraction of sp³-hybridized carbons (Fsp3) is 0.458. The summed E-state index contributed by atoms with van der Waals surface area (Å²) in [6.45, 7) is 1.78. The van der Waals surface area contributed by atoms with Crippen LogP contribution in [0.25, 0.3) is 0 Å². The maximum absolute atomic E-state index is 12.5. The van der Waals surface area contributed by atoms with E-state index in [1.807, 2.05) is 11.9 Å². The van der Waals surface area contributed by atoms with Crippen molar-refractivity contribution in [3.05, 3.63) is 59.2 Å². The largest absolute Gasteiger partial charge is 0.496 e. The first-order valence-electron chi connectivity index (χ1n) is 10.7. The number of amides is 1. The minimum Gasteiger partial charge on any atom is -0.496 e. The van der Waals surface area contributed by atoms with Crippen molar-refractivity contribution in [3.63, 3.8) is 0 Å². The van der Waals surface area contributed by atoms with Gasteiger partial charge in [-0.25, -0.2) is 0 Å². The van der Waals surface area contributed by atoms with Gasteiger partial charge < -0.3 is 20.3 Å². The van der Waals surface area contributed by atoms with E-state index in [1.54, 1.807) is 7.11 Å². The van der Waals surface area contributed by atoms with Gasteiger partial charge in [0.1, 0.15) is 5.75 Å². The monoisotopic (exact) mass is 391 g/mol. The van der Waals surface area contributed by atoms with Crippen LogP contribution in [0.2, 0.25) is 0 Å². The Balaban J connectivity index is 1.38. The SMILES string of the molecule is COc1cc2c(cc1CNC1CCCNC1c1ccccc1)N(C)C(=O)C1CC21. The Hall–Kier alpha value is -2.37. The highest BCUT2D eigenvalue weighted by Gasteiger charge is 2.50. The molecule has 29 heavy (non-hydrogen) atoms. The van der Waals surface area contributed by atoms with Crippen LogP contribution in [-0.4, -0.2) is 32.7 Å². The van der Waals surface area contributed by atoms with Gasteiger partial charge in [-0.2, -0.15) is 0 Å². The summed E-state index contributed by atoms with van der Waals surface area (Å²) in [7, 11) is 3.64. The fourth-order valence-electron chi connectivity index (χ4n) is 5.08. The molecule has 2 aliphatic heterocycles. The summed E-state index contributed by atoms with van der Waals surface area (Å²) in [4.78, 5) is 14.3. The Morgan fingerprint density at radius 2 is 2.03 bits per heavy atom. The average molecular weight is 392 g/mol. The Labute approximate surface area is 172 Å². The van der Waals surface area contributed by atoms with Gasteiger partial charge in [-0.3, -0.25) is 4.79 Å².